The Kier molecular flexibility index (Phi) is 5.09. The van der Waals surface area contributed by atoms with E-state index in [4.69, 9.17) is 0 Å². The Bertz CT molecular complexity index is 1300. The highest BCUT2D eigenvalue weighted by atomic mass is 16.6. The molecule has 0 fully saturated rings. The zero-order valence-corrected chi connectivity index (χ0v) is 15.8. The summed E-state index contributed by atoms with van der Waals surface area (Å²) >= 11 is 0. The minimum atomic E-state index is -0.478. The summed E-state index contributed by atoms with van der Waals surface area (Å²) in [5, 5.41) is 15.6. The minimum Gasteiger partial charge on any atom is -0.321 e. The van der Waals surface area contributed by atoms with E-state index in [1.165, 1.54) is 35.0 Å². The van der Waals surface area contributed by atoms with Gasteiger partial charge in [-0.2, -0.15) is 0 Å². The van der Waals surface area contributed by atoms with Crippen LogP contribution in [-0.2, 0) is 6.54 Å². The molecule has 0 aliphatic carbocycles. The molecular formula is C23H17N3O4. The first-order chi connectivity index (χ1) is 14.5. The number of rotatable bonds is 5. The molecule has 30 heavy (non-hydrogen) atoms. The number of anilines is 1. The molecule has 3 aromatic carbocycles. The molecule has 0 bridgehead atoms. The molecule has 0 spiro atoms. The predicted molar refractivity (Wildman–Crippen MR) is 115 cm³/mol. The van der Waals surface area contributed by atoms with Crippen molar-refractivity contribution in [1.82, 2.24) is 4.57 Å². The van der Waals surface area contributed by atoms with Gasteiger partial charge in [-0.1, -0.05) is 48.5 Å². The van der Waals surface area contributed by atoms with Gasteiger partial charge < -0.3 is 9.88 Å². The van der Waals surface area contributed by atoms with Gasteiger partial charge in [0.25, 0.3) is 17.2 Å². The number of pyridine rings is 1. The molecule has 148 valence electrons. The maximum atomic E-state index is 12.8. The van der Waals surface area contributed by atoms with Crippen molar-refractivity contribution in [2.45, 2.75) is 6.54 Å². The van der Waals surface area contributed by atoms with Gasteiger partial charge in [0.15, 0.2) is 0 Å². The highest BCUT2D eigenvalue weighted by Crippen LogP contribution is 2.23. The van der Waals surface area contributed by atoms with Gasteiger partial charge in [-0.05, 0) is 23.1 Å². The number of nitrogens with one attached hydrogen (secondary N) is 1. The van der Waals surface area contributed by atoms with Crippen LogP contribution in [0.2, 0.25) is 0 Å². The lowest BCUT2D eigenvalue weighted by Crippen LogP contribution is -2.22. The summed E-state index contributed by atoms with van der Waals surface area (Å²) in [6.07, 6.45) is 1.49. The largest absolute Gasteiger partial charge is 0.321 e. The first-order valence-electron chi connectivity index (χ1n) is 9.24. The van der Waals surface area contributed by atoms with Gasteiger partial charge in [0.05, 0.1) is 17.0 Å². The highest BCUT2D eigenvalue weighted by Gasteiger charge is 2.11. The molecule has 0 aliphatic heterocycles. The van der Waals surface area contributed by atoms with Gasteiger partial charge in [0.1, 0.15) is 0 Å². The van der Waals surface area contributed by atoms with E-state index in [2.05, 4.69) is 5.32 Å². The third-order valence-electron chi connectivity index (χ3n) is 4.78. The summed E-state index contributed by atoms with van der Waals surface area (Å²) in [6.45, 7) is 0.201. The van der Waals surface area contributed by atoms with E-state index in [1.54, 1.807) is 12.1 Å². The molecule has 1 amide bonds. The van der Waals surface area contributed by atoms with Crippen LogP contribution in [0.5, 0.6) is 0 Å². The molecule has 0 saturated carbocycles. The van der Waals surface area contributed by atoms with Gasteiger partial charge in [-0.25, -0.2) is 0 Å². The van der Waals surface area contributed by atoms with Crippen LogP contribution in [0.3, 0.4) is 0 Å². The number of benzene rings is 3. The zero-order valence-electron chi connectivity index (χ0n) is 15.8. The van der Waals surface area contributed by atoms with Crippen molar-refractivity contribution in [3.63, 3.8) is 0 Å². The SMILES string of the molecule is O=C(Nc1cccc2ccccc12)c1ccc(=O)n(Cc2ccc([N+](=O)[O-])cc2)c1. The molecule has 4 aromatic rings. The summed E-state index contributed by atoms with van der Waals surface area (Å²) in [5.74, 6) is -0.330. The fourth-order valence-corrected chi connectivity index (χ4v) is 3.24. The van der Waals surface area contributed by atoms with Crippen LogP contribution in [-0.4, -0.2) is 15.4 Å². The molecule has 4 rings (SSSR count). The van der Waals surface area contributed by atoms with Crippen LogP contribution < -0.4 is 10.9 Å². The number of non-ortho nitro benzene ring substituents is 1. The van der Waals surface area contributed by atoms with E-state index in [-0.39, 0.29) is 23.7 Å². The summed E-state index contributed by atoms with van der Waals surface area (Å²) in [7, 11) is 0. The molecule has 0 radical (unpaired) electrons. The Morgan fingerprint density at radius 3 is 2.43 bits per heavy atom. The second-order valence-corrected chi connectivity index (χ2v) is 6.79. The van der Waals surface area contributed by atoms with Gasteiger partial charge in [0.2, 0.25) is 0 Å². The van der Waals surface area contributed by atoms with E-state index in [0.717, 1.165) is 10.8 Å². The Morgan fingerprint density at radius 2 is 1.67 bits per heavy atom. The Balaban J connectivity index is 1.58. The molecule has 7 heteroatoms. The van der Waals surface area contributed by atoms with Gasteiger partial charge in [-0.15, -0.1) is 0 Å². The number of hydrogen-bond acceptors (Lipinski definition) is 4. The topological polar surface area (TPSA) is 94.2 Å². The molecule has 0 aliphatic rings. The van der Waals surface area contributed by atoms with Crippen molar-refractivity contribution in [2.24, 2.45) is 0 Å². The second kappa shape index (κ2) is 8.00. The third-order valence-corrected chi connectivity index (χ3v) is 4.78. The lowest BCUT2D eigenvalue weighted by atomic mass is 10.1. The van der Waals surface area contributed by atoms with Crippen molar-refractivity contribution in [2.75, 3.05) is 5.32 Å². The lowest BCUT2D eigenvalue weighted by molar-refractivity contribution is -0.384. The molecule has 0 saturated heterocycles. The van der Waals surface area contributed by atoms with Crippen molar-refractivity contribution >= 4 is 28.1 Å². The minimum absolute atomic E-state index is 0.0192. The zero-order chi connectivity index (χ0) is 21.1. The van der Waals surface area contributed by atoms with Crippen molar-refractivity contribution < 1.29 is 9.72 Å². The quantitative estimate of drug-likeness (QED) is 0.402. The molecule has 1 N–H and O–H groups in total. The van der Waals surface area contributed by atoms with E-state index < -0.39 is 4.92 Å². The summed E-state index contributed by atoms with van der Waals surface area (Å²) in [6, 6.07) is 22.2. The number of carbonyl (C=O) groups excluding carboxylic acids is 1. The maximum Gasteiger partial charge on any atom is 0.269 e. The highest BCUT2D eigenvalue weighted by molar-refractivity contribution is 6.09. The normalized spacial score (nSPS) is 10.7. The number of aromatic nitrogens is 1. The monoisotopic (exact) mass is 399 g/mol. The smallest absolute Gasteiger partial charge is 0.269 e. The van der Waals surface area contributed by atoms with Crippen LogP contribution in [0, 0.1) is 10.1 Å². The third kappa shape index (κ3) is 3.95. The molecule has 0 atom stereocenters. The molecule has 7 nitrogen and oxygen atoms in total. The fourth-order valence-electron chi connectivity index (χ4n) is 3.24. The van der Waals surface area contributed by atoms with Crippen molar-refractivity contribution in [3.05, 3.63) is 117 Å². The van der Waals surface area contributed by atoms with Crippen LogP contribution in [0.4, 0.5) is 11.4 Å². The van der Waals surface area contributed by atoms with Gasteiger partial charge in [-0.3, -0.25) is 19.7 Å². The van der Waals surface area contributed by atoms with Crippen molar-refractivity contribution in [1.29, 1.82) is 0 Å². The molecule has 0 unspecified atom stereocenters. The van der Waals surface area contributed by atoms with Crippen LogP contribution in [0.1, 0.15) is 15.9 Å². The standard InChI is InChI=1S/C23H17N3O4/c27-22-13-10-18(15-25(22)14-16-8-11-19(12-9-16)26(29)30)23(28)24-21-7-3-5-17-4-1-2-6-20(17)21/h1-13,15H,14H2,(H,24,28). The Hall–Kier alpha value is -4.26. The van der Waals surface area contributed by atoms with E-state index in [1.807, 2.05) is 42.5 Å². The number of nitro groups is 1. The summed E-state index contributed by atoms with van der Waals surface area (Å²) in [4.78, 5) is 35.3. The lowest BCUT2D eigenvalue weighted by Gasteiger charge is -2.11. The van der Waals surface area contributed by atoms with Crippen LogP contribution in [0.25, 0.3) is 10.8 Å². The van der Waals surface area contributed by atoms with Crippen molar-refractivity contribution in [3.8, 4) is 0 Å². The Labute approximate surface area is 171 Å². The van der Waals surface area contributed by atoms with Crippen LogP contribution in [0.15, 0.2) is 89.9 Å². The van der Waals surface area contributed by atoms with Gasteiger partial charge in [0, 0.05) is 35.5 Å². The van der Waals surface area contributed by atoms with E-state index >= 15 is 0 Å². The van der Waals surface area contributed by atoms with Crippen LogP contribution >= 0.6 is 0 Å². The second-order valence-electron chi connectivity index (χ2n) is 6.79. The summed E-state index contributed by atoms with van der Waals surface area (Å²) in [5.41, 5.74) is 1.45. The van der Waals surface area contributed by atoms with E-state index in [9.17, 15) is 19.7 Å². The first-order valence-corrected chi connectivity index (χ1v) is 9.24. The number of nitrogens with zero attached hydrogens (tertiary/aromatic N) is 2. The number of amides is 1. The van der Waals surface area contributed by atoms with Gasteiger partial charge >= 0.3 is 0 Å². The number of nitro benzene ring substituents is 1. The average molecular weight is 399 g/mol. The number of carbonyl (C=O) groups is 1. The maximum absolute atomic E-state index is 12.8. The number of fused-ring (bicyclic) bond motifs is 1. The molecular weight excluding hydrogens is 382 g/mol. The molecule has 1 heterocycles. The fraction of sp³-hybridized carbons (Fsp3) is 0.0435. The summed E-state index contributed by atoms with van der Waals surface area (Å²) < 4.78 is 1.40. The predicted octanol–water partition coefficient (Wildman–Crippen LogP) is 4.21. The average Bonchev–Trinajstić information content (AvgIpc) is 2.76. The van der Waals surface area contributed by atoms with E-state index in [0.29, 0.717) is 16.8 Å². The first kappa shape index (κ1) is 19.1. The molecule has 1 aromatic heterocycles. The Morgan fingerprint density at radius 1 is 0.933 bits per heavy atom. The number of hydrogen-bond donors (Lipinski definition) is 1.